The largest absolute Gasteiger partial charge is 0.276 e. The predicted molar refractivity (Wildman–Crippen MR) is 115 cm³/mol. The summed E-state index contributed by atoms with van der Waals surface area (Å²) >= 11 is 0. The molecule has 1 aliphatic rings. The van der Waals surface area contributed by atoms with Crippen molar-refractivity contribution in [3.05, 3.63) is 93.0 Å². The van der Waals surface area contributed by atoms with Crippen LogP contribution in [-0.4, -0.2) is 19.1 Å². The van der Waals surface area contributed by atoms with E-state index in [4.69, 9.17) is 0 Å². The van der Waals surface area contributed by atoms with Gasteiger partial charge in [-0.2, -0.15) is 18.4 Å². The van der Waals surface area contributed by atoms with Crippen molar-refractivity contribution in [3.8, 4) is 11.1 Å². The summed E-state index contributed by atoms with van der Waals surface area (Å²) in [4.78, 5) is 12.5. The van der Waals surface area contributed by atoms with Crippen LogP contribution in [-0.2, 0) is 16.4 Å². The average Bonchev–Trinajstić information content (AvgIpc) is 3.10. The van der Waals surface area contributed by atoms with Gasteiger partial charge in [-0.3, -0.25) is 10.1 Å². The summed E-state index contributed by atoms with van der Waals surface area (Å²) < 4.78 is 25.1. The molecule has 1 aliphatic carbocycles. The number of benzene rings is 3. The van der Waals surface area contributed by atoms with E-state index in [1.807, 2.05) is 30.3 Å². The zero-order chi connectivity index (χ0) is 21.5. The summed E-state index contributed by atoms with van der Waals surface area (Å²) in [6.45, 7) is 3.26. The van der Waals surface area contributed by atoms with Gasteiger partial charge in [0.15, 0.2) is 0 Å². The molecule has 0 spiro atoms. The SMILES string of the molecule is C/C(=N\NS(=O)(=O)c1ccc(C)c([N+](=O)[O-])c1)c1ccc2c(c1)-c1ccccc1C2. The molecule has 0 radical (unpaired) electrons. The van der Waals surface area contributed by atoms with Gasteiger partial charge in [0.2, 0.25) is 0 Å². The highest BCUT2D eigenvalue weighted by molar-refractivity contribution is 7.89. The monoisotopic (exact) mass is 421 g/mol. The Kier molecular flexibility index (Phi) is 4.87. The van der Waals surface area contributed by atoms with E-state index in [1.54, 1.807) is 13.8 Å². The van der Waals surface area contributed by atoms with Gasteiger partial charge < -0.3 is 0 Å². The van der Waals surface area contributed by atoms with E-state index < -0.39 is 14.9 Å². The van der Waals surface area contributed by atoms with E-state index in [0.29, 0.717) is 11.3 Å². The predicted octanol–water partition coefficient (Wildman–Crippen LogP) is 4.18. The van der Waals surface area contributed by atoms with Crippen molar-refractivity contribution in [1.82, 2.24) is 4.83 Å². The number of nitro groups is 1. The van der Waals surface area contributed by atoms with Crippen molar-refractivity contribution in [2.24, 2.45) is 5.10 Å². The molecule has 152 valence electrons. The van der Waals surface area contributed by atoms with Crippen LogP contribution in [0.5, 0.6) is 0 Å². The van der Waals surface area contributed by atoms with Crippen molar-refractivity contribution in [2.75, 3.05) is 0 Å². The van der Waals surface area contributed by atoms with Gasteiger partial charge in [0, 0.05) is 11.6 Å². The summed E-state index contributed by atoms with van der Waals surface area (Å²) in [5, 5.41) is 15.1. The van der Waals surface area contributed by atoms with E-state index >= 15 is 0 Å². The lowest BCUT2D eigenvalue weighted by molar-refractivity contribution is -0.385. The van der Waals surface area contributed by atoms with Gasteiger partial charge in [-0.05, 0) is 60.2 Å². The minimum Gasteiger partial charge on any atom is -0.258 e. The van der Waals surface area contributed by atoms with E-state index in [9.17, 15) is 18.5 Å². The van der Waals surface area contributed by atoms with Crippen LogP contribution < -0.4 is 4.83 Å². The fourth-order valence-corrected chi connectivity index (χ4v) is 4.42. The Hall–Kier alpha value is -3.52. The number of nitrogens with one attached hydrogen (secondary N) is 1. The van der Waals surface area contributed by atoms with Crippen molar-refractivity contribution in [3.63, 3.8) is 0 Å². The summed E-state index contributed by atoms with van der Waals surface area (Å²) in [7, 11) is -4.04. The first kappa shape index (κ1) is 19.8. The van der Waals surface area contributed by atoms with Crippen molar-refractivity contribution in [1.29, 1.82) is 0 Å². The van der Waals surface area contributed by atoms with Gasteiger partial charge >= 0.3 is 0 Å². The Morgan fingerprint density at radius 3 is 2.53 bits per heavy atom. The number of nitro benzene ring substituents is 1. The van der Waals surface area contributed by atoms with Crippen LogP contribution in [0, 0.1) is 17.0 Å². The molecule has 4 rings (SSSR count). The maximum atomic E-state index is 12.6. The number of hydrazone groups is 1. The van der Waals surface area contributed by atoms with Gasteiger partial charge in [-0.1, -0.05) is 42.5 Å². The molecule has 1 N–H and O–H groups in total. The van der Waals surface area contributed by atoms with E-state index in [-0.39, 0.29) is 10.6 Å². The summed E-state index contributed by atoms with van der Waals surface area (Å²) in [6, 6.07) is 17.9. The summed E-state index contributed by atoms with van der Waals surface area (Å²) in [5.41, 5.74) is 6.20. The standard InChI is InChI=1S/C22H19N3O4S/c1-14-7-10-19(13-22(14)25(26)27)30(28,29)24-23-15(2)16-8-9-18-11-17-5-3-4-6-20(17)21(18)12-16/h3-10,12-13,24H,11H2,1-2H3/b23-15+. The third kappa shape index (κ3) is 3.57. The molecule has 0 fully saturated rings. The third-order valence-corrected chi connectivity index (χ3v) is 6.44. The first-order chi connectivity index (χ1) is 14.3. The molecule has 0 bridgehead atoms. The number of aryl methyl sites for hydroxylation is 1. The number of sulfonamides is 1. The van der Waals surface area contributed by atoms with Gasteiger partial charge in [0.1, 0.15) is 0 Å². The number of fused-ring (bicyclic) bond motifs is 3. The molecule has 0 atom stereocenters. The first-order valence-electron chi connectivity index (χ1n) is 9.29. The molecule has 30 heavy (non-hydrogen) atoms. The molecule has 0 unspecified atom stereocenters. The first-order valence-corrected chi connectivity index (χ1v) is 10.8. The Morgan fingerprint density at radius 1 is 1.03 bits per heavy atom. The normalized spacial score (nSPS) is 12.9. The van der Waals surface area contributed by atoms with Gasteiger partial charge in [0.25, 0.3) is 15.7 Å². The lowest BCUT2D eigenvalue weighted by Gasteiger charge is -2.08. The molecule has 3 aromatic rings. The lowest BCUT2D eigenvalue weighted by atomic mass is 10.0. The number of rotatable bonds is 5. The van der Waals surface area contributed by atoms with E-state index in [2.05, 4.69) is 22.1 Å². The van der Waals surface area contributed by atoms with Crippen LogP contribution in [0.25, 0.3) is 11.1 Å². The highest BCUT2D eigenvalue weighted by Crippen LogP contribution is 2.36. The molecule has 0 aliphatic heterocycles. The Balaban J connectivity index is 1.61. The molecular weight excluding hydrogens is 402 g/mol. The van der Waals surface area contributed by atoms with Gasteiger partial charge in [0.05, 0.1) is 15.5 Å². The van der Waals surface area contributed by atoms with Gasteiger partial charge in [-0.25, -0.2) is 0 Å². The Morgan fingerprint density at radius 2 is 1.77 bits per heavy atom. The quantitative estimate of drug-likeness (QED) is 0.297. The second-order valence-corrected chi connectivity index (χ2v) is 8.86. The zero-order valence-corrected chi connectivity index (χ0v) is 17.2. The lowest BCUT2D eigenvalue weighted by Crippen LogP contribution is -2.20. The molecule has 0 saturated carbocycles. The molecule has 7 nitrogen and oxygen atoms in total. The van der Waals surface area contributed by atoms with Crippen LogP contribution in [0.3, 0.4) is 0 Å². The van der Waals surface area contributed by atoms with Gasteiger partial charge in [-0.15, -0.1) is 0 Å². The number of hydrogen-bond donors (Lipinski definition) is 1. The number of hydrogen-bond acceptors (Lipinski definition) is 5. The molecule has 0 amide bonds. The van der Waals surface area contributed by atoms with Crippen LogP contribution in [0.2, 0.25) is 0 Å². The van der Waals surface area contributed by atoms with Crippen LogP contribution >= 0.6 is 0 Å². The van der Waals surface area contributed by atoms with Crippen LogP contribution in [0.15, 0.2) is 70.7 Å². The van der Waals surface area contributed by atoms with Crippen molar-refractivity contribution < 1.29 is 13.3 Å². The van der Waals surface area contributed by atoms with E-state index in [1.165, 1.54) is 28.8 Å². The molecule has 0 aromatic heterocycles. The average molecular weight is 421 g/mol. The fraction of sp³-hybridized carbons (Fsp3) is 0.136. The molecule has 0 saturated heterocycles. The van der Waals surface area contributed by atoms with Crippen molar-refractivity contribution >= 4 is 21.4 Å². The maximum absolute atomic E-state index is 12.6. The fourth-order valence-electron chi connectivity index (χ4n) is 3.55. The van der Waals surface area contributed by atoms with Crippen LogP contribution in [0.4, 0.5) is 5.69 Å². The highest BCUT2D eigenvalue weighted by atomic mass is 32.2. The second-order valence-electron chi connectivity index (χ2n) is 7.20. The Bertz CT molecular complexity index is 1310. The third-order valence-electron chi connectivity index (χ3n) is 5.24. The topological polar surface area (TPSA) is 102 Å². The second kappa shape index (κ2) is 7.38. The zero-order valence-electron chi connectivity index (χ0n) is 16.4. The molecule has 8 heteroatoms. The minimum absolute atomic E-state index is 0.209. The number of nitrogens with zero attached hydrogens (tertiary/aromatic N) is 2. The summed E-state index contributed by atoms with van der Waals surface area (Å²) in [6.07, 6.45) is 0.876. The Labute approximate surface area is 174 Å². The molecule has 3 aromatic carbocycles. The van der Waals surface area contributed by atoms with Crippen LogP contribution in [0.1, 0.15) is 29.2 Å². The van der Waals surface area contributed by atoms with E-state index in [0.717, 1.165) is 23.6 Å². The van der Waals surface area contributed by atoms with Crippen molar-refractivity contribution in [2.45, 2.75) is 25.2 Å². The molecule has 0 heterocycles. The minimum atomic E-state index is -4.04. The molecular formula is C22H19N3O4S. The highest BCUT2D eigenvalue weighted by Gasteiger charge is 2.21. The summed E-state index contributed by atoms with van der Waals surface area (Å²) in [5.74, 6) is 0. The maximum Gasteiger partial charge on any atom is 0.276 e. The smallest absolute Gasteiger partial charge is 0.258 e.